The van der Waals surface area contributed by atoms with Crippen molar-refractivity contribution >= 4 is 0 Å². The first-order valence-corrected chi connectivity index (χ1v) is 3.73. The molecular formula is C8H11NO. The lowest BCUT2D eigenvalue weighted by molar-refractivity contribution is -0.0407. The van der Waals surface area contributed by atoms with Gasteiger partial charge in [-0.1, -0.05) is 6.08 Å². The quantitative estimate of drug-likeness (QED) is 0.549. The van der Waals surface area contributed by atoms with Crippen LogP contribution in [0.5, 0.6) is 0 Å². The van der Waals surface area contributed by atoms with Gasteiger partial charge in [-0.25, -0.2) is 0 Å². The molecule has 0 aromatic carbocycles. The normalized spacial score (nSPS) is 23.9. The van der Waals surface area contributed by atoms with Crippen molar-refractivity contribution in [2.75, 3.05) is 6.54 Å². The van der Waals surface area contributed by atoms with Crippen LogP contribution in [0.2, 0.25) is 0 Å². The first kappa shape index (κ1) is 5.98. The van der Waals surface area contributed by atoms with E-state index in [1.165, 1.54) is 10.6 Å². The maximum Gasteiger partial charge on any atom is 0.0623 e. The summed E-state index contributed by atoms with van der Waals surface area (Å²) in [6.45, 7) is 0.787. The van der Waals surface area contributed by atoms with E-state index in [2.05, 4.69) is 6.08 Å². The van der Waals surface area contributed by atoms with Crippen molar-refractivity contribution in [1.82, 2.24) is 5.06 Å². The fourth-order valence-corrected chi connectivity index (χ4v) is 1.58. The van der Waals surface area contributed by atoms with E-state index in [0.29, 0.717) is 0 Å². The van der Waals surface area contributed by atoms with Gasteiger partial charge in [0.2, 0.25) is 0 Å². The second kappa shape index (κ2) is 2.13. The largest absolute Gasteiger partial charge is 0.288 e. The van der Waals surface area contributed by atoms with Gasteiger partial charge in [-0.05, 0) is 30.9 Å². The molecule has 0 radical (unpaired) electrons. The molecule has 1 aliphatic heterocycles. The maximum absolute atomic E-state index is 9.25. The molecule has 0 spiro atoms. The molecule has 0 fully saturated rings. The molecule has 2 nitrogen and oxygen atoms in total. The van der Waals surface area contributed by atoms with E-state index >= 15 is 0 Å². The van der Waals surface area contributed by atoms with Gasteiger partial charge in [-0.15, -0.1) is 0 Å². The van der Waals surface area contributed by atoms with Gasteiger partial charge in [-0.2, -0.15) is 0 Å². The number of hydrogen-bond acceptors (Lipinski definition) is 2. The third-order valence-electron chi connectivity index (χ3n) is 2.15. The minimum atomic E-state index is 0.787. The van der Waals surface area contributed by atoms with Crippen LogP contribution in [0.15, 0.2) is 23.4 Å². The molecule has 2 rings (SSSR count). The third-order valence-corrected chi connectivity index (χ3v) is 2.15. The average Bonchev–Trinajstić information content (AvgIpc) is 2.34. The Bertz CT molecular complexity index is 205. The van der Waals surface area contributed by atoms with Gasteiger partial charge in [0, 0.05) is 6.54 Å². The van der Waals surface area contributed by atoms with Crippen molar-refractivity contribution < 1.29 is 5.21 Å². The second-order valence-corrected chi connectivity index (χ2v) is 2.80. The number of rotatable bonds is 0. The number of hydrogen-bond donors (Lipinski definition) is 1. The Balaban J connectivity index is 2.30. The molecule has 0 saturated heterocycles. The van der Waals surface area contributed by atoms with E-state index in [0.717, 1.165) is 31.5 Å². The summed E-state index contributed by atoms with van der Waals surface area (Å²) in [4.78, 5) is 0. The Morgan fingerprint density at radius 3 is 3.10 bits per heavy atom. The van der Waals surface area contributed by atoms with E-state index < -0.39 is 0 Å². The van der Waals surface area contributed by atoms with Gasteiger partial charge in [0.15, 0.2) is 0 Å². The molecule has 54 valence electrons. The maximum atomic E-state index is 9.25. The summed E-state index contributed by atoms with van der Waals surface area (Å²) < 4.78 is 0. The molecule has 1 N–H and O–H groups in total. The standard InChI is InChI=1S/C8H11NO/c10-9-6-5-7-3-1-2-4-8(7)9/h2,4,10H,1,3,5-6H2. The molecule has 2 aliphatic rings. The van der Waals surface area contributed by atoms with Crippen LogP contribution < -0.4 is 0 Å². The molecule has 0 amide bonds. The summed E-state index contributed by atoms with van der Waals surface area (Å²) in [5.41, 5.74) is 2.47. The molecule has 0 atom stereocenters. The summed E-state index contributed by atoms with van der Waals surface area (Å²) in [7, 11) is 0. The van der Waals surface area contributed by atoms with Gasteiger partial charge in [0.25, 0.3) is 0 Å². The zero-order chi connectivity index (χ0) is 6.97. The average molecular weight is 137 g/mol. The highest BCUT2D eigenvalue weighted by molar-refractivity contribution is 5.30. The number of allylic oxidation sites excluding steroid dienone is 2. The predicted octanol–water partition coefficient (Wildman–Crippen LogP) is 1.69. The van der Waals surface area contributed by atoms with Crippen LogP contribution in [0.1, 0.15) is 19.3 Å². The highest BCUT2D eigenvalue weighted by Crippen LogP contribution is 2.28. The van der Waals surface area contributed by atoms with Crippen molar-refractivity contribution in [3.8, 4) is 0 Å². The Labute approximate surface area is 60.4 Å². The molecule has 1 aliphatic carbocycles. The Kier molecular flexibility index (Phi) is 1.27. The highest BCUT2D eigenvalue weighted by Gasteiger charge is 2.19. The lowest BCUT2D eigenvalue weighted by Gasteiger charge is -2.12. The van der Waals surface area contributed by atoms with Gasteiger partial charge < -0.3 is 0 Å². The SMILES string of the molecule is ON1CCC2=C1C=CCC2. The Hall–Kier alpha value is -0.760. The van der Waals surface area contributed by atoms with Crippen LogP contribution in [0.4, 0.5) is 0 Å². The van der Waals surface area contributed by atoms with E-state index in [1.54, 1.807) is 0 Å². The van der Waals surface area contributed by atoms with E-state index in [9.17, 15) is 5.21 Å². The first-order valence-electron chi connectivity index (χ1n) is 3.73. The first-order chi connectivity index (χ1) is 4.88. The third kappa shape index (κ3) is 0.762. The Morgan fingerprint density at radius 2 is 2.30 bits per heavy atom. The van der Waals surface area contributed by atoms with Gasteiger partial charge >= 0.3 is 0 Å². The molecule has 0 unspecified atom stereocenters. The summed E-state index contributed by atoms with van der Waals surface area (Å²) in [5.74, 6) is 0. The lowest BCUT2D eigenvalue weighted by Crippen LogP contribution is -2.12. The van der Waals surface area contributed by atoms with E-state index in [1.807, 2.05) is 6.08 Å². The van der Waals surface area contributed by atoms with Crippen LogP contribution in [0, 0.1) is 0 Å². The Morgan fingerprint density at radius 1 is 1.40 bits per heavy atom. The van der Waals surface area contributed by atoms with Gasteiger partial charge in [-0.3, -0.25) is 10.3 Å². The van der Waals surface area contributed by atoms with Crippen molar-refractivity contribution in [3.63, 3.8) is 0 Å². The molecule has 10 heavy (non-hydrogen) atoms. The van der Waals surface area contributed by atoms with Crippen molar-refractivity contribution in [2.45, 2.75) is 19.3 Å². The summed E-state index contributed by atoms with van der Waals surface area (Å²) in [6.07, 6.45) is 7.48. The minimum Gasteiger partial charge on any atom is -0.288 e. The van der Waals surface area contributed by atoms with Crippen LogP contribution in [-0.4, -0.2) is 16.8 Å². The second-order valence-electron chi connectivity index (χ2n) is 2.80. The summed E-state index contributed by atoms with van der Waals surface area (Å²) in [6, 6.07) is 0. The van der Waals surface area contributed by atoms with Gasteiger partial charge in [0.1, 0.15) is 0 Å². The zero-order valence-corrected chi connectivity index (χ0v) is 5.88. The van der Waals surface area contributed by atoms with Crippen LogP contribution in [-0.2, 0) is 0 Å². The molecule has 0 bridgehead atoms. The fourth-order valence-electron chi connectivity index (χ4n) is 1.58. The fraction of sp³-hybridized carbons (Fsp3) is 0.500. The topological polar surface area (TPSA) is 23.5 Å². The highest BCUT2D eigenvalue weighted by atomic mass is 16.5. The van der Waals surface area contributed by atoms with Crippen LogP contribution >= 0.6 is 0 Å². The molecule has 0 saturated carbocycles. The minimum absolute atomic E-state index is 0.787. The molecule has 0 aromatic rings. The molecule has 0 aromatic heterocycles. The van der Waals surface area contributed by atoms with Crippen molar-refractivity contribution in [1.29, 1.82) is 0 Å². The lowest BCUT2D eigenvalue weighted by atomic mass is 10.0. The van der Waals surface area contributed by atoms with Crippen LogP contribution in [0.3, 0.4) is 0 Å². The smallest absolute Gasteiger partial charge is 0.0623 e. The van der Waals surface area contributed by atoms with Crippen LogP contribution in [0.25, 0.3) is 0 Å². The number of nitrogens with zero attached hydrogens (tertiary/aromatic N) is 1. The monoisotopic (exact) mass is 137 g/mol. The number of hydroxylamine groups is 2. The zero-order valence-electron chi connectivity index (χ0n) is 5.88. The van der Waals surface area contributed by atoms with Crippen molar-refractivity contribution in [2.24, 2.45) is 0 Å². The molecular weight excluding hydrogens is 126 g/mol. The van der Waals surface area contributed by atoms with E-state index in [4.69, 9.17) is 0 Å². The summed E-state index contributed by atoms with van der Waals surface area (Å²) >= 11 is 0. The van der Waals surface area contributed by atoms with E-state index in [-0.39, 0.29) is 0 Å². The van der Waals surface area contributed by atoms with Crippen molar-refractivity contribution in [3.05, 3.63) is 23.4 Å². The van der Waals surface area contributed by atoms with Gasteiger partial charge in [0.05, 0.1) is 5.70 Å². The molecule has 2 heteroatoms. The molecule has 1 heterocycles. The summed E-state index contributed by atoms with van der Waals surface area (Å²) in [5, 5.41) is 10.6. The predicted molar refractivity (Wildman–Crippen MR) is 38.5 cm³/mol.